The molecule has 0 aromatic heterocycles. The third kappa shape index (κ3) is 6.64. The van der Waals surface area contributed by atoms with Crippen LogP contribution in [0.2, 0.25) is 0 Å². The number of fused-ring (bicyclic) bond motifs is 1. The lowest BCUT2D eigenvalue weighted by molar-refractivity contribution is 0.0164. The Morgan fingerprint density at radius 1 is 1.04 bits per heavy atom. The van der Waals surface area contributed by atoms with Gasteiger partial charge in [0.1, 0.15) is 5.76 Å². The van der Waals surface area contributed by atoms with Crippen LogP contribution in [-0.2, 0) is 20.6 Å². The van der Waals surface area contributed by atoms with Crippen molar-refractivity contribution in [3.8, 4) is 11.1 Å². The summed E-state index contributed by atoms with van der Waals surface area (Å²) in [5, 5.41) is 6.71. The number of methoxy groups -OCH3 is 1. The third-order valence-corrected chi connectivity index (χ3v) is 10.2. The van der Waals surface area contributed by atoms with Gasteiger partial charge in [-0.05, 0) is 105 Å². The molecule has 0 bridgehead atoms. The largest absolute Gasteiger partial charge is 0.497 e. The molecule has 2 atom stereocenters. The second-order valence-electron chi connectivity index (χ2n) is 12.9. The molecule has 2 fully saturated rings. The molecule has 2 aromatic rings. The lowest BCUT2D eigenvalue weighted by Crippen LogP contribution is -2.40. The Bertz CT molecular complexity index is 1450. The summed E-state index contributed by atoms with van der Waals surface area (Å²) in [7, 11) is 1.69. The molecule has 2 unspecified atom stereocenters. The summed E-state index contributed by atoms with van der Waals surface area (Å²) in [5.74, 6) is 0.752. The van der Waals surface area contributed by atoms with E-state index in [9.17, 15) is 4.79 Å². The van der Waals surface area contributed by atoms with Gasteiger partial charge in [0.05, 0.1) is 20.3 Å². The lowest BCUT2D eigenvalue weighted by atomic mass is 9.93. The van der Waals surface area contributed by atoms with Crippen LogP contribution >= 0.6 is 0 Å². The van der Waals surface area contributed by atoms with Crippen molar-refractivity contribution < 1.29 is 19.0 Å². The fourth-order valence-electron chi connectivity index (χ4n) is 7.72. The average molecular weight is 615 g/mol. The number of benzene rings is 2. The molecule has 1 aliphatic carbocycles. The monoisotopic (exact) mass is 614 g/mol. The van der Waals surface area contributed by atoms with Crippen LogP contribution in [0.25, 0.3) is 11.1 Å². The molecule has 3 heterocycles. The Morgan fingerprint density at radius 3 is 2.53 bits per heavy atom. The Labute approximate surface area is 268 Å². The summed E-state index contributed by atoms with van der Waals surface area (Å²) in [5.41, 5.74) is 10.1. The predicted octanol–water partition coefficient (Wildman–Crippen LogP) is 5.51. The predicted molar refractivity (Wildman–Crippen MR) is 180 cm³/mol. The molecule has 4 aliphatic rings. The quantitative estimate of drug-likeness (QED) is 0.386. The van der Waals surface area contributed by atoms with Crippen LogP contribution in [0, 0.1) is 6.92 Å². The zero-order valence-corrected chi connectivity index (χ0v) is 27.7. The maximum atomic E-state index is 14.1. The van der Waals surface area contributed by atoms with E-state index in [0.717, 1.165) is 111 Å². The lowest BCUT2D eigenvalue weighted by Gasteiger charge is -2.37. The molecule has 2 saturated heterocycles. The first-order chi connectivity index (χ1) is 21.9. The van der Waals surface area contributed by atoms with E-state index in [1.165, 1.54) is 16.7 Å². The van der Waals surface area contributed by atoms with Gasteiger partial charge in [0, 0.05) is 80.0 Å². The second kappa shape index (κ2) is 14.0. The fraction of sp³-hybridized carbons (Fsp3) is 0.541. The standard InChI is InChI=1S/C37H50N4O4/c1-6-41(30-11-15-44-16-12-30)35-22-29(28-8-7-27-9-10-34(32(27)20-28)40-13-17-45-18-14-40)21-31(25(35)3)37(42)38-23-33-26(4)39-24(2)19-36(33)43-5/h7-8,19-22,26,30,34,39H,6,9-18,23H2,1-5H3,(H,38,42). The van der Waals surface area contributed by atoms with E-state index >= 15 is 0 Å². The summed E-state index contributed by atoms with van der Waals surface area (Å²) < 4.78 is 17.1. The number of ether oxygens (including phenoxy) is 3. The van der Waals surface area contributed by atoms with Crippen molar-refractivity contribution in [2.75, 3.05) is 64.6 Å². The molecular weight excluding hydrogens is 564 g/mol. The first kappa shape index (κ1) is 31.6. The van der Waals surface area contributed by atoms with E-state index in [-0.39, 0.29) is 11.9 Å². The molecule has 0 radical (unpaired) electrons. The molecule has 45 heavy (non-hydrogen) atoms. The van der Waals surface area contributed by atoms with Gasteiger partial charge >= 0.3 is 0 Å². The normalized spacial score (nSPS) is 22.5. The SMILES string of the molecule is CCN(c1cc(-c2ccc3c(c2)C(N2CCOCC2)CC3)cc(C(=O)NCC2=C(OC)C=C(C)NC2C)c1C)C1CCOCC1. The van der Waals surface area contributed by atoms with E-state index in [1.807, 2.05) is 13.0 Å². The molecule has 0 spiro atoms. The van der Waals surface area contributed by atoms with E-state index in [2.05, 4.69) is 71.5 Å². The van der Waals surface area contributed by atoms with Crippen LogP contribution < -0.4 is 15.5 Å². The molecule has 1 amide bonds. The highest BCUT2D eigenvalue weighted by atomic mass is 16.5. The number of nitrogens with one attached hydrogen (secondary N) is 2. The van der Waals surface area contributed by atoms with E-state index in [0.29, 0.717) is 18.6 Å². The molecule has 8 heteroatoms. The Kier molecular flexibility index (Phi) is 9.83. The maximum absolute atomic E-state index is 14.1. The number of hydrogen-bond acceptors (Lipinski definition) is 7. The van der Waals surface area contributed by atoms with Crippen LogP contribution in [0.5, 0.6) is 0 Å². The van der Waals surface area contributed by atoms with Gasteiger partial charge in [-0.2, -0.15) is 0 Å². The van der Waals surface area contributed by atoms with Crippen molar-refractivity contribution >= 4 is 11.6 Å². The van der Waals surface area contributed by atoms with Crippen LogP contribution in [0.4, 0.5) is 5.69 Å². The number of nitrogens with zero attached hydrogens (tertiary/aromatic N) is 2. The zero-order chi connectivity index (χ0) is 31.5. The van der Waals surface area contributed by atoms with Gasteiger partial charge < -0.3 is 29.7 Å². The minimum absolute atomic E-state index is 0.0626. The van der Waals surface area contributed by atoms with E-state index in [1.54, 1.807) is 7.11 Å². The van der Waals surface area contributed by atoms with E-state index < -0.39 is 0 Å². The zero-order valence-electron chi connectivity index (χ0n) is 27.7. The first-order valence-electron chi connectivity index (χ1n) is 16.8. The highest BCUT2D eigenvalue weighted by Gasteiger charge is 2.30. The number of rotatable bonds is 9. The number of anilines is 1. The van der Waals surface area contributed by atoms with Crippen molar-refractivity contribution in [1.82, 2.24) is 15.5 Å². The number of amides is 1. The average Bonchev–Trinajstić information content (AvgIpc) is 3.49. The number of morpholine rings is 1. The molecule has 6 rings (SSSR count). The Morgan fingerprint density at radius 2 is 1.80 bits per heavy atom. The number of allylic oxidation sites excluding steroid dienone is 2. The van der Waals surface area contributed by atoms with Gasteiger partial charge in [-0.15, -0.1) is 0 Å². The van der Waals surface area contributed by atoms with Gasteiger partial charge in [-0.1, -0.05) is 12.1 Å². The second-order valence-corrected chi connectivity index (χ2v) is 12.9. The summed E-state index contributed by atoms with van der Waals surface area (Å²) in [6, 6.07) is 12.3. The van der Waals surface area contributed by atoms with Crippen LogP contribution in [0.15, 0.2) is 53.4 Å². The number of hydrogen-bond donors (Lipinski definition) is 2. The van der Waals surface area contributed by atoms with Crippen molar-refractivity contribution in [1.29, 1.82) is 0 Å². The van der Waals surface area contributed by atoms with Crippen LogP contribution in [0.1, 0.15) is 73.1 Å². The summed E-state index contributed by atoms with van der Waals surface area (Å²) >= 11 is 0. The van der Waals surface area contributed by atoms with Crippen LogP contribution in [0.3, 0.4) is 0 Å². The van der Waals surface area contributed by atoms with Gasteiger partial charge in [0.25, 0.3) is 5.91 Å². The van der Waals surface area contributed by atoms with Gasteiger partial charge in [-0.25, -0.2) is 0 Å². The smallest absolute Gasteiger partial charge is 0.251 e. The maximum Gasteiger partial charge on any atom is 0.251 e. The molecule has 2 aromatic carbocycles. The number of dihydropyridines is 1. The summed E-state index contributed by atoms with van der Waals surface area (Å²) in [4.78, 5) is 19.2. The number of aryl methyl sites for hydroxylation is 1. The van der Waals surface area contributed by atoms with Crippen molar-refractivity contribution in [2.45, 2.75) is 71.5 Å². The topological polar surface area (TPSA) is 75.3 Å². The first-order valence-corrected chi connectivity index (χ1v) is 16.8. The van der Waals surface area contributed by atoms with Crippen molar-refractivity contribution in [2.24, 2.45) is 0 Å². The molecule has 242 valence electrons. The molecule has 3 aliphatic heterocycles. The van der Waals surface area contributed by atoms with Crippen LogP contribution in [-0.4, -0.2) is 82.6 Å². The number of carbonyl (C=O) groups is 1. The van der Waals surface area contributed by atoms with E-state index in [4.69, 9.17) is 14.2 Å². The van der Waals surface area contributed by atoms with Gasteiger partial charge in [0.15, 0.2) is 0 Å². The molecular formula is C37H50N4O4. The third-order valence-electron chi connectivity index (χ3n) is 10.2. The minimum atomic E-state index is -0.0626. The number of carbonyl (C=O) groups excluding carboxylic acids is 1. The van der Waals surface area contributed by atoms with Gasteiger partial charge in [0.2, 0.25) is 0 Å². The molecule has 2 N–H and O–H groups in total. The van der Waals surface area contributed by atoms with Gasteiger partial charge in [-0.3, -0.25) is 9.69 Å². The highest BCUT2D eigenvalue weighted by molar-refractivity contribution is 5.99. The van der Waals surface area contributed by atoms with Crippen molar-refractivity contribution in [3.05, 3.63) is 75.7 Å². The van der Waals surface area contributed by atoms with Crippen molar-refractivity contribution in [3.63, 3.8) is 0 Å². The highest BCUT2D eigenvalue weighted by Crippen LogP contribution is 2.40. The summed E-state index contributed by atoms with van der Waals surface area (Å²) in [6.45, 7) is 14.9. The molecule has 0 saturated carbocycles. The Hall–Kier alpha value is -3.33. The molecule has 8 nitrogen and oxygen atoms in total. The Balaban J connectivity index is 1.37. The summed E-state index contributed by atoms with van der Waals surface area (Å²) in [6.07, 6.45) is 6.24. The minimum Gasteiger partial charge on any atom is -0.497 e. The fourth-order valence-corrected chi connectivity index (χ4v) is 7.72.